The number of hydrogen-bond donors (Lipinski definition) is 1. The third-order valence-electron chi connectivity index (χ3n) is 2.41. The maximum absolute atomic E-state index is 13.5. The van der Waals surface area contributed by atoms with Crippen LogP contribution in [0.25, 0.3) is 0 Å². The highest BCUT2D eigenvalue weighted by atomic mass is 35.5. The van der Waals surface area contributed by atoms with Gasteiger partial charge in [0.25, 0.3) is 0 Å². The molecule has 106 valence electrons. The summed E-state index contributed by atoms with van der Waals surface area (Å²) in [6.07, 6.45) is 1.26. The van der Waals surface area contributed by atoms with Crippen LogP contribution in [0.15, 0.2) is 33.8 Å². The second-order valence-electron chi connectivity index (χ2n) is 3.81. The number of halogens is 2. The number of carboxylic acid groups (broad SMARTS) is 1. The average molecular weight is 320 g/mol. The minimum Gasteiger partial charge on any atom is -0.478 e. The first-order chi connectivity index (χ1) is 9.31. The quantitative estimate of drug-likeness (QED) is 0.927. The molecule has 0 aliphatic heterocycles. The smallest absolute Gasteiger partial charge is 0.337 e. The van der Waals surface area contributed by atoms with Crippen LogP contribution in [0.4, 0.5) is 4.39 Å². The Morgan fingerprint density at radius 3 is 2.70 bits per heavy atom. The summed E-state index contributed by atoms with van der Waals surface area (Å²) in [6, 6.07) is 2.81. The molecular formula is C11H7ClFNO5S. The SMILES string of the molecule is O=C(O)c1cc(S(=O)(=O)Cc2ccno2)cc(F)c1Cl. The molecule has 1 aromatic carbocycles. The van der Waals surface area contributed by atoms with Crippen molar-refractivity contribution in [3.8, 4) is 0 Å². The molecule has 20 heavy (non-hydrogen) atoms. The van der Waals surface area contributed by atoms with Crippen LogP contribution in [-0.2, 0) is 15.6 Å². The van der Waals surface area contributed by atoms with Crippen LogP contribution in [0.1, 0.15) is 16.1 Å². The summed E-state index contributed by atoms with van der Waals surface area (Å²) in [5.74, 6) is -3.15. The van der Waals surface area contributed by atoms with E-state index in [9.17, 15) is 17.6 Å². The van der Waals surface area contributed by atoms with Crippen molar-refractivity contribution in [1.29, 1.82) is 0 Å². The Morgan fingerprint density at radius 1 is 1.45 bits per heavy atom. The predicted octanol–water partition coefficient (Wildman–Crippen LogP) is 2.14. The van der Waals surface area contributed by atoms with Crippen molar-refractivity contribution in [1.82, 2.24) is 5.16 Å². The van der Waals surface area contributed by atoms with E-state index in [2.05, 4.69) is 9.68 Å². The fourth-order valence-corrected chi connectivity index (χ4v) is 2.95. The van der Waals surface area contributed by atoms with Crippen LogP contribution < -0.4 is 0 Å². The molecule has 9 heteroatoms. The Labute approximate surface area is 117 Å². The third kappa shape index (κ3) is 2.81. The molecule has 0 unspecified atom stereocenters. The minimum atomic E-state index is -3.97. The van der Waals surface area contributed by atoms with Crippen molar-refractivity contribution in [2.45, 2.75) is 10.6 Å². The van der Waals surface area contributed by atoms with Gasteiger partial charge in [-0.2, -0.15) is 0 Å². The molecule has 0 spiro atoms. The fraction of sp³-hybridized carbons (Fsp3) is 0.0909. The van der Waals surface area contributed by atoms with Crippen LogP contribution in [-0.4, -0.2) is 24.7 Å². The highest BCUT2D eigenvalue weighted by molar-refractivity contribution is 7.90. The Balaban J connectivity index is 2.49. The topological polar surface area (TPSA) is 97.5 Å². The summed E-state index contributed by atoms with van der Waals surface area (Å²) in [6.45, 7) is 0. The first-order valence-electron chi connectivity index (χ1n) is 5.16. The number of carboxylic acids is 1. The van der Waals surface area contributed by atoms with Crippen molar-refractivity contribution in [3.05, 3.63) is 46.6 Å². The fourth-order valence-electron chi connectivity index (χ4n) is 1.49. The molecule has 0 saturated carbocycles. The molecule has 0 aliphatic rings. The zero-order valence-corrected chi connectivity index (χ0v) is 11.3. The van der Waals surface area contributed by atoms with Gasteiger partial charge in [-0.1, -0.05) is 16.8 Å². The van der Waals surface area contributed by atoms with Gasteiger partial charge in [0.05, 0.1) is 21.7 Å². The van der Waals surface area contributed by atoms with Gasteiger partial charge in [0, 0.05) is 6.07 Å². The Morgan fingerprint density at radius 2 is 2.15 bits per heavy atom. The molecule has 1 aromatic heterocycles. The summed E-state index contributed by atoms with van der Waals surface area (Å²) in [7, 11) is -3.97. The number of sulfone groups is 1. The summed E-state index contributed by atoms with van der Waals surface area (Å²) < 4.78 is 42.3. The van der Waals surface area contributed by atoms with E-state index < -0.39 is 42.9 Å². The molecule has 2 aromatic rings. The van der Waals surface area contributed by atoms with E-state index in [0.717, 1.165) is 6.07 Å². The van der Waals surface area contributed by atoms with E-state index in [4.69, 9.17) is 16.7 Å². The van der Waals surface area contributed by atoms with Crippen LogP contribution in [0.2, 0.25) is 5.02 Å². The van der Waals surface area contributed by atoms with E-state index in [1.165, 1.54) is 12.3 Å². The van der Waals surface area contributed by atoms with Gasteiger partial charge < -0.3 is 9.63 Å². The Hall–Kier alpha value is -1.93. The number of carbonyl (C=O) groups is 1. The predicted molar refractivity (Wildman–Crippen MR) is 65.8 cm³/mol. The molecule has 0 saturated heterocycles. The van der Waals surface area contributed by atoms with Gasteiger partial charge >= 0.3 is 5.97 Å². The van der Waals surface area contributed by atoms with E-state index in [1.54, 1.807) is 0 Å². The molecule has 2 rings (SSSR count). The van der Waals surface area contributed by atoms with Gasteiger partial charge in [0.1, 0.15) is 11.6 Å². The maximum Gasteiger partial charge on any atom is 0.337 e. The molecule has 0 aliphatic carbocycles. The monoisotopic (exact) mass is 319 g/mol. The van der Waals surface area contributed by atoms with Gasteiger partial charge in [-0.05, 0) is 12.1 Å². The molecule has 0 amide bonds. The number of benzene rings is 1. The zero-order chi connectivity index (χ0) is 14.9. The molecule has 6 nitrogen and oxygen atoms in total. The largest absolute Gasteiger partial charge is 0.478 e. The molecule has 1 N–H and O–H groups in total. The second kappa shape index (κ2) is 5.22. The van der Waals surface area contributed by atoms with Crippen LogP contribution in [0.5, 0.6) is 0 Å². The summed E-state index contributed by atoms with van der Waals surface area (Å²) in [4.78, 5) is 10.4. The van der Waals surface area contributed by atoms with Crippen LogP contribution >= 0.6 is 11.6 Å². The van der Waals surface area contributed by atoms with Gasteiger partial charge in [0.2, 0.25) is 0 Å². The number of nitrogens with zero attached hydrogens (tertiary/aromatic N) is 1. The molecular weight excluding hydrogens is 313 g/mol. The van der Waals surface area contributed by atoms with Crippen molar-refractivity contribution >= 4 is 27.4 Å². The lowest BCUT2D eigenvalue weighted by Crippen LogP contribution is -2.08. The van der Waals surface area contributed by atoms with Crippen LogP contribution in [0, 0.1) is 5.82 Å². The van der Waals surface area contributed by atoms with Gasteiger partial charge in [-0.15, -0.1) is 0 Å². The van der Waals surface area contributed by atoms with Gasteiger partial charge in [-0.25, -0.2) is 17.6 Å². The molecule has 0 fully saturated rings. The third-order valence-corrected chi connectivity index (χ3v) is 4.42. The highest BCUT2D eigenvalue weighted by Gasteiger charge is 2.23. The number of aromatic carboxylic acids is 1. The first-order valence-corrected chi connectivity index (χ1v) is 7.19. The molecule has 1 heterocycles. The number of rotatable bonds is 4. The molecule has 0 atom stereocenters. The van der Waals surface area contributed by atoms with Crippen molar-refractivity contribution in [3.63, 3.8) is 0 Å². The number of aromatic nitrogens is 1. The average Bonchev–Trinajstić information content (AvgIpc) is 2.83. The lowest BCUT2D eigenvalue weighted by molar-refractivity contribution is 0.0696. The summed E-state index contributed by atoms with van der Waals surface area (Å²) >= 11 is 5.47. The van der Waals surface area contributed by atoms with E-state index >= 15 is 0 Å². The maximum atomic E-state index is 13.5. The van der Waals surface area contributed by atoms with Gasteiger partial charge in [0.15, 0.2) is 15.6 Å². The standard InChI is InChI=1S/C11H7ClFNO5S/c12-10-8(11(15)16)3-7(4-9(10)13)20(17,18)5-6-1-2-14-19-6/h1-4H,5H2,(H,15,16). The summed E-state index contributed by atoms with van der Waals surface area (Å²) in [5.41, 5.74) is -0.622. The van der Waals surface area contributed by atoms with Crippen LogP contribution in [0.3, 0.4) is 0 Å². The number of hydrogen-bond acceptors (Lipinski definition) is 5. The zero-order valence-electron chi connectivity index (χ0n) is 9.71. The van der Waals surface area contributed by atoms with Crippen molar-refractivity contribution in [2.75, 3.05) is 0 Å². The van der Waals surface area contributed by atoms with Crippen molar-refractivity contribution in [2.24, 2.45) is 0 Å². The Bertz CT molecular complexity index is 757. The molecule has 0 radical (unpaired) electrons. The van der Waals surface area contributed by atoms with E-state index in [-0.39, 0.29) is 5.76 Å². The summed E-state index contributed by atoms with van der Waals surface area (Å²) in [5, 5.41) is 11.6. The highest BCUT2D eigenvalue weighted by Crippen LogP contribution is 2.26. The minimum absolute atomic E-state index is 0.0530. The first kappa shape index (κ1) is 14.5. The van der Waals surface area contributed by atoms with E-state index in [0.29, 0.717) is 6.07 Å². The van der Waals surface area contributed by atoms with Gasteiger partial charge in [-0.3, -0.25) is 0 Å². The Kier molecular flexibility index (Phi) is 3.78. The lowest BCUT2D eigenvalue weighted by atomic mass is 10.2. The normalized spacial score (nSPS) is 11.5. The lowest BCUT2D eigenvalue weighted by Gasteiger charge is -2.06. The van der Waals surface area contributed by atoms with E-state index in [1.807, 2.05) is 0 Å². The van der Waals surface area contributed by atoms with Crippen molar-refractivity contribution < 1.29 is 27.2 Å². The second-order valence-corrected chi connectivity index (χ2v) is 6.18. The molecule has 0 bridgehead atoms.